The molecule has 1 heterocycles. The molecule has 0 bridgehead atoms. The van der Waals surface area contributed by atoms with E-state index in [-0.39, 0.29) is 6.03 Å². The summed E-state index contributed by atoms with van der Waals surface area (Å²) in [6, 6.07) is 7.50. The van der Waals surface area contributed by atoms with Crippen LogP contribution in [0.1, 0.15) is 6.42 Å². The van der Waals surface area contributed by atoms with Gasteiger partial charge in [-0.3, -0.25) is 0 Å². The number of hydrogen-bond donors (Lipinski definition) is 3. The van der Waals surface area contributed by atoms with Crippen LogP contribution in [0.15, 0.2) is 66.5 Å². The average Bonchev–Trinajstić information content (AvgIpc) is 2.75. The van der Waals surface area contributed by atoms with E-state index in [2.05, 4.69) is 15.6 Å². The Kier molecular flexibility index (Phi) is 3.37. The molecule has 0 unspecified atom stereocenters. The van der Waals surface area contributed by atoms with Crippen molar-refractivity contribution in [2.45, 2.75) is 6.42 Å². The first-order valence-electron chi connectivity index (χ1n) is 6.50. The van der Waals surface area contributed by atoms with Crippen molar-refractivity contribution in [3.8, 4) is 0 Å². The highest BCUT2D eigenvalue weighted by molar-refractivity contribution is 5.93. The van der Waals surface area contributed by atoms with E-state index < -0.39 is 0 Å². The number of benzene rings is 1. The molecule has 3 N–H and O–H groups in total. The first kappa shape index (κ1) is 12.3. The predicted octanol–water partition coefficient (Wildman–Crippen LogP) is 3.69. The Bertz CT molecular complexity index is 722. The molecule has 4 nitrogen and oxygen atoms in total. The lowest BCUT2D eigenvalue weighted by molar-refractivity contribution is 0.254. The Morgan fingerprint density at radius 1 is 1.15 bits per heavy atom. The van der Waals surface area contributed by atoms with Crippen molar-refractivity contribution in [3.63, 3.8) is 0 Å². The smallest absolute Gasteiger partial charge is 0.323 e. The summed E-state index contributed by atoms with van der Waals surface area (Å²) in [6.07, 6.45) is 12.5. The van der Waals surface area contributed by atoms with E-state index in [1.165, 1.54) is 0 Å². The van der Waals surface area contributed by atoms with Crippen LogP contribution in [-0.2, 0) is 0 Å². The second-order valence-electron chi connectivity index (χ2n) is 4.55. The Morgan fingerprint density at radius 2 is 2.10 bits per heavy atom. The molecule has 0 spiro atoms. The maximum atomic E-state index is 11.9. The summed E-state index contributed by atoms with van der Waals surface area (Å²) in [4.78, 5) is 15.1. The van der Waals surface area contributed by atoms with Gasteiger partial charge in [0.25, 0.3) is 0 Å². The SMILES string of the molecule is O=C(NC1=CC=CCC=C1)Nc1ccc2cc[nH]c2c1. The van der Waals surface area contributed by atoms with Crippen molar-refractivity contribution in [3.05, 3.63) is 66.5 Å². The molecule has 1 aromatic carbocycles. The largest absolute Gasteiger partial charge is 0.361 e. The number of aromatic nitrogens is 1. The number of fused-ring (bicyclic) bond motifs is 1. The van der Waals surface area contributed by atoms with E-state index >= 15 is 0 Å². The highest BCUT2D eigenvalue weighted by Gasteiger charge is 2.04. The third kappa shape index (κ3) is 2.80. The van der Waals surface area contributed by atoms with Gasteiger partial charge in [-0.25, -0.2) is 4.79 Å². The number of amides is 2. The minimum Gasteiger partial charge on any atom is -0.361 e. The first-order valence-corrected chi connectivity index (χ1v) is 6.50. The monoisotopic (exact) mass is 265 g/mol. The van der Waals surface area contributed by atoms with Gasteiger partial charge in [-0.15, -0.1) is 0 Å². The van der Waals surface area contributed by atoms with Crippen molar-refractivity contribution in [2.24, 2.45) is 0 Å². The molecule has 0 aliphatic heterocycles. The number of anilines is 1. The van der Waals surface area contributed by atoms with Crippen molar-refractivity contribution >= 4 is 22.6 Å². The van der Waals surface area contributed by atoms with Crippen LogP contribution in [0.5, 0.6) is 0 Å². The zero-order valence-electron chi connectivity index (χ0n) is 10.9. The summed E-state index contributed by atoms with van der Waals surface area (Å²) in [5.41, 5.74) is 2.53. The third-order valence-corrected chi connectivity index (χ3v) is 3.05. The summed E-state index contributed by atoms with van der Waals surface area (Å²) in [7, 11) is 0. The van der Waals surface area contributed by atoms with E-state index in [4.69, 9.17) is 0 Å². The fourth-order valence-electron chi connectivity index (χ4n) is 2.08. The van der Waals surface area contributed by atoms with Crippen LogP contribution in [0.2, 0.25) is 0 Å². The highest BCUT2D eigenvalue weighted by atomic mass is 16.2. The molecule has 0 saturated carbocycles. The highest BCUT2D eigenvalue weighted by Crippen LogP contribution is 2.17. The van der Waals surface area contributed by atoms with Gasteiger partial charge in [0.2, 0.25) is 0 Å². The van der Waals surface area contributed by atoms with Crippen LogP contribution in [0.4, 0.5) is 10.5 Å². The van der Waals surface area contributed by atoms with Crippen molar-refractivity contribution < 1.29 is 4.79 Å². The first-order chi connectivity index (χ1) is 9.81. The van der Waals surface area contributed by atoms with E-state index in [1.54, 1.807) is 0 Å². The molecule has 0 fully saturated rings. The molecule has 1 aliphatic carbocycles. The molecular weight excluding hydrogens is 250 g/mol. The molecule has 2 amide bonds. The number of urea groups is 1. The van der Waals surface area contributed by atoms with Crippen LogP contribution in [0.25, 0.3) is 10.9 Å². The molecule has 0 atom stereocenters. The molecule has 2 aromatic rings. The van der Waals surface area contributed by atoms with E-state index in [0.29, 0.717) is 0 Å². The minimum atomic E-state index is -0.248. The van der Waals surface area contributed by atoms with Crippen molar-refractivity contribution in [2.75, 3.05) is 5.32 Å². The maximum Gasteiger partial charge on any atom is 0.323 e. The molecule has 1 aliphatic rings. The van der Waals surface area contributed by atoms with Crippen molar-refractivity contribution in [1.29, 1.82) is 0 Å². The standard InChI is InChI=1S/C16H15N3O/c20-16(18-13-5-3-1-2-4-6-13)19-14-8-7-12-9-10-17-15(12)11-14/h1,3-11,17H,2H2,(H2,18,19,20). The van der Waals surface area contributed by atoms with Gasteiger partial charge in [-0.2, -0.15) is 0 Å². The number of allylic oxidation sites excluding steroid dienone is 5. The van der Waals surface area contributed by atoms with Crippen LogP contribution in [0, 0.1) is 0 Å². The minimum absolute atomic E-state index is 0.248. The van der Waals surface area contributed by atoms with E-state index in [9.17, 15) is 4.79 Å². The zero-order chi connectivity index (χ0) is 13.8. The van der Waals surface area contributed by atoms with Gasteiger partial charge in [0.05, 0.1) is 0 Å². The number of rotatable bonds is 2. The van der Waals surface area contributed by atoms with E-state index in [0.717, 1.165) is 28.7 Å². The fraction of sp³-hybridized carbons (Fsp3) is 0.0625. The van der Waals surface area contributed by atoms with Crippen LogP contribution >= 0.6 is 0 Å². The molecule has 0 radical (unpaired) electrons. The summed E-state index contributed by atoms with van der Waals surface area (Å²) >= 11 is 0. The van der Waals surface area contributed by atoms with E-state index in [1.807, 2.05) is 60.8 Å². The molecule has 100 valence electrons. The molecule has 0 saturated heterocycles. The van der Waals surface area contributed by atoms with Crippen LogP contribution in [-0.4, -0.2) is 11.0 Å². The van der Waals surface area contributed by atoms with Crippen LogP contribution < -0.4 is 10.6 Å². The van der Waals surface area contributed by atoms with Gasteiger partial charge in [0, 0.05) is 23.1 Å². The normalized spacial score (nSPS) is 13.9. The van der Waals surface area contributed by atoms with Gasteiger partial charge < -0.3 is 15.6 Å². The number of nitrogens with one attached hydrogen (secondary N) is 3. The lowest BCUT2D eigenvalue weighted by Crippen LogP contribution is -2.27. The van der Waals surface area contributed by atoms with Gasteiger partial charge >= 0.3 is 6.03 Å². The number of carbonyl (C=O) groups is 1. The van der Waals surface area contributed by atoms with Crippen molar-refractivity contribution in [1.82, 2.24) is 10.3 Å². The van der Waals surface area contributed by atoms with Gasteiger partial charge in [0.1, 0.15) is 0 Å². The quantitative estimate of drug-likeness (QED) is 0.762. The number of H-pyrrole nitrogens is 1. The third-order valence-electron chi connectivity index (χ3n) is 3.05. The van der Waals surface area contributed by atoms with Gasteiger partial charge in [0.15, 0.2) is 0 Å². The Hall–Kier alpha value is -2.75. The summed E-state index contributed by atoms with van der Waals surface area (Å²) in [5.74, 6) is 0. The van der Waals surface area contributed by atoms with Gasteiger partial charge in [-0.1, -0.05) is 24.3 Å². The van der Waals surface area contributed by atoms with Gasteiger partial charge in [-0.05, 0) is 42.2 Å². The molecule has 1 aromatic heterocycles. The number of aromatic amines is 1. The number of hydrogen-bond acceptors (Lipinski definition) is 1. The molecule has 20 heavy (non-hydrogen) atoms. The predicted molar refractivity (Wildman–Crippen MR) is 81.4 cm³/mol. The molecule has 3 rings (SSSR count). The lowest BCUT2D eigenvalue weighted by atomic mass is 10.2. The lowest BCUT2D eigenvalue weighted by Gasteiger charge is -2.08. The summed E-state index contributed by atoms with van der Waals surface area (Å²) in [5, 5.41) is 6.76. The fourth-order valence-corrected chi connectivity index (χ4v) is 2.08. The summed E-state index contributed by atoms with van der Waals surface area (Å²) in [6.45, 7) is 0. The Labute approximate surface area is 116 Å². The maximum absolute atomic E-state index is 11.9. The Morgan fingerprint density at radius 3 is 3.05 bits per heavy atom. The molecular formula is C16H15N3O. The summed E-state index contributed by atoms with van der Waals surface area (Å²) < 4.78 is 0. The second-order valence-corrected chi connectivity index (χ2v) is 4.55. The molecule has 4 heteroatoms. The average molecular weight is 265 g/mol. The number of carbonyl (C=O) groups excluding carboxylic acids is 1. The second kappa shape index (κ2) is 5.48. The zero-order valence-corrected chi connectivity index (χ0v) is 10.9. The van der Waals surface area contributed by atoms with Crippen LogP contribution in [0.3, 0.4) is 0 Å². The Balaban J connectivity index is 1.69. The topological polar surface area (TPSA) is 56.9 Å².